The second-order valence-corrected chi connectivity index (χ2v) is 3.53. The van der Waals surface area contributed by atoms with Gasteiger partial charge >= 0.3 is 0 Å². The van der Waals surface area contributed by atoms with Gasteiger partial charge in [0, 0.05) is 12.5 Å². The van der Waals surface area contributed by atoms with E-state index >= 15 is 0 Å². The molecule has 0 spiro atoms. The number of alkyl halides is 1. The molecule has 0 aromatic heterocycles. The van der Waals surface area contributed by atoms with Crippen molar-refractivity contribution >= 4 is 11.6 Å². The highest BCUT2D eigenvalue weighted by Gasteiger charge is 2.00. The number of aliphatic hydroxyl groups excluding tert-OH is 1. The van der Waals surface area contributed by atoms with Crippen LogP contribution in [0.2, 0.25) is 0 Å². The van der Waals surface area contributed by atoms with Crippen molar-refractivity contribution < 1.29 is 5.11 Å². The zero-order valence-corrected chi connectivity index (χ0v) is 8.11. The zero-order valence-electron chi connectivity index (χ0n) is 7.35. The van der Waals surface area contributed by atoms with E-state index in [1.807, 2.05) is 0 Å². The van der Waals surface area contributed by atoms with Crippen molar-refractivity contribution in [1.82, 2.24) is 0 Å². The van der Waals surface area contributed by atoms with Gasteiger partial charge in [-0.2, -0.15) is 0 Å². The highest BCUT2D eigenvalue weighted by Crippen LogP contribution is 2.13. The van der Waals surface area contributed by atoms with E-state index in [9.17, 15) is 0 Å². The number of hydrogen-bond donors (Lipinski definition) is 1. The Bertz CT molecular complexity index is 76.0. The predicted molar refractivity (Wildman–Crippen MR) is 50.1 cm³/mol. The Labute approximate surface area is 74.8 Å². The largest absolute Gasteiger partial charge is 0.396 e. The molecule has 0 fully saturated rings. The summed E-state index contributed by atoms with van der Waals surface area (Å²) in [6, 6.07) is 0. The molecule has 1 atom stereocenters. The third-order valence-electron chi connectivity index (χ3n) is 1.94. The van der Waals surface area contributed by atoms with Gasteiger partial charge in [-0.25, -0.2) is 0 Å². The molecule has 0 aliphatic carbocycles. The summed E-state index contributed by atoms with van der Waals surface area (Å²) in [6.45, 7) is 2.57. The maximum atomic E-state index is 8.57. The topological polar surface area (TPSA) is 20.2 Å². The van der Waals surface area contributed by atoms with E-state index in [1.54, 1.807) is 0 Å². The second kappa shape index (κ2) is 8.35. The van der Waals surface area contributed by atoms with Crippen LogP contribution < -0.4 is 0 Å². The summed E-state index contributed by atoms with van der Waals surface area (Å²) < 4.78 is 0. The fourth-order valence-corrected chi connectivity index (χ4v) is 1.36. The molecule has 1 N–H and O–H groups in total. The van der Waals surface area contributed by atoms with Crippen LogP contribution in [-0.2, 0) is 0 Å². The summed E-state index contributed by atoms with van der Waals surface area (Å²) in [5.74, 6) is 1.54. The third-order valence-corrected chi connectivity index (χ3v) is 2.20. The number of halogens is 1. The van der Waals surface area contributed by atoms with Crippen LogP contribution in [-0.4, -0.2) is 17.6 Å². The van der Waals surface area contributed by atoms with Gasteiger partial charge in [0.1, 0.15) is 0 Å². The molecular formula is C9H19ClO. The number of aliphatic hydroxyl groups is 1. The lowest BCUT2D eigenvalue weighted by Crippen LogP contribution is -1.96. The smallest absolute Gasteiger partial charge is 0.0431 e. The molecule has 0 radical (unpaired) electrons. The molecule has 0 amide bonds. The van der Waals surface area contributed by atoms with Crippen molar-refractivity contribution in [3.63, 3.8) is 0 Å². The Kier molecular flexibility index (Phi) is 8.54. The first-order valence-corrected chi connectivity index (χ1v) is 5.01. The van der Waals surface area contributed by atoms with Crippen LogP contribution in [0.5, 0.6) is 0 Å². The molecule has 0 rings (SSSR count). The fraction of sp³-hybridized carbons (Fsp3) is 1.00. The normalized spacial score (nSPS) is 13.4. The molecule has 0 saturated carbocycles. The monoisotopic (exact) mass is 178 g/mol. The first kappa shape index (κ1) is 11.2. The standard InChI is InChI=1S/C9H19ClO/c1-9(6-4-8-11)5-2-3-7-10/h9,11H,2-8H2,1H3. The van der Waals surface area contributed by atoms with Crippen LogP contribution >= 0.6 is 11.6 Å². The molecule has 0 aliphatic rings. The Hall–Kier alpha value is 0.250. The highest BCUT2D eigenvalue weighted by molar-refractivity contribution is 6.17. The minimum Gasteiger partial charge on any atom is -0.396 e. The van der Waals surface area contributed by atoms with Crippen molar-refractivity contribution in [2.75, 3.05) is 12.5 Å². The van der Waals surface area contributed by atoms with Gasteiger partial charge in [-0.05, 0) is 25.2 Å². The van der Waals surface area contributed by atoms with Gasteiger partial charge < -0.3 is 5.11 Å². The van der Waals surface area contributed by atoms with Crippen molar-refractivity contribution in [1.29, 1.82) is 0 Å². The van der Waals surface area contributed by atoms with Crippen LogP contribution in [0.1, 0.15) is 39.0 Å². The predicted octanol–water partition coefficient (Wildman–Crippen LogP) is 2.80. The molecule has 0 aromatic carbocycles. The molecular weight excluding hydrogens is 160 g/mol. The zero-order chi connectivity index (χ0) is 8.53. The van der Waals surface area contributed by atoms with Crippen LogP contribution in [0.25, 0.3) is 0 Å². The molecule has 0 saturated heterocycles. The summed E-state index contributed by atoms with van der Waals surface area (Å²) in [5.41, 5.74) is 0. The maximum absolute atomic E-state index is 8.57. The van der Waals surface area contributed by atoms with E-state index in [0.29, 0.717) is 6.61 Å². The molecule has 2 heteroatoms. The average Bonchev–Trinajstić information content (AvgIpc) is 2.01. The Balaban J connectivity index is 3.02. The lowest BCUT2D eigenvalue weighted by Gasteiger charge is -2.08. The van der Waals surface area contributed by atoms with Crippen molar-refractivity contribution in [2.45, 2.75) is 39.0 Å². The summed E-state index contributed by atoms with van der Waals surface area (Å²) in [4.78, 5) is 0. The van der Waals surface area contributed by atoms with Crippen LogP contribution in [0, 0.1) is 5.92 Å². The first-order valence-electron chi connectivity index (χ1n) is 4.48. The molecule has 0 aliphatic heterocycles. The molecule has 1 unspecified atom stereocenters. The molecule has 0 heterocycles. The van der Waals surface area contributed by atoms with E-state index in [1.165, 1.54) is 12.8 Å². The molecule has 68 valence electrons. The minimum absolute atomic E-state index is 0.333. The number of unbranched alkanes of at least 4 members (excludes halogenated alkanes) is 1. The molecule has 1 nitrogen and oxygen atoms in total. The van der Waals surface area contributed by atoms with Crippen molar-refractivity contribution in [3.8, 4) is 0 Å². The van der Waals surface area contributed by atoms with Gasteiger partial charge in [-0.15, -0.1) is 11.6 Å². The van der Waals surface area contributed by atoms with E-state index in [-0.39, 0.29) is 0 Å². The van der Waals surface area contributed by atoms with Gasteiger partial charge in [0.25, 0.3) is 0 Å². The van der Waals surface area contributed by atoms with Crippen molar-refractivity contribution in [3.05, 3.63) is 0 Å². The summed E-state index contributed by atoms with van der Waals surface area (Å²) in [5, 5.41) is 8.57. The van der Waals surface area contributed by atoms with Crippen LogP contribution in [0.4, 0.5) is 0 Å². The van der Waals surface area contributed by atoms with E-state index in [0.717, 1.165) is 31.1 Å². The Morgan fingerprint density at radius 1 is 1.18 bits per heavy atom. The summed E-state index contributed by atoms with van der Waals surface area (Å²) in [7, 11) is 0. The Morgan fingerprint density at radius 2 is 1.82 bits per heavy atom. The van der Waals surface area contributed by atoms with Gasteiger partial charge in [-0.1, -0.05) is 19.8 Å². The quantitative estimate of drug-likeness (QED) is 0.470. The van der Waals surface area contributed by atoms with E-state index < -0.39 is 0 Å². The Morgan fingerprint density at radius 3 is 2.36 bits per heavy atom. The summed E-state index contributed by atoms with van der Waals surface area (Å²) in [6.07, 6.45) is 5.72. The van der Waals surface area contributed by atoms with Crippen LogP contribution in [0.3, 0.4) is 0 Å². The van der Waals surface area contributed by atoms with E-state index in [2.05, 4.69) is 6.92 Å². The number of rotatable bonds is 7. The second-order valence-electron chi connectivity index (χ2n) is 3.16. The lowest BCUT2D eigenvalue weighted by atomic mass is 9.99. The number of hydrogen-bond acceptors (Lipinski definition) is 1. The maximum Gasteiger partial charge on any atom is 0.0431 e. The molecule has 11 heavy (non-hydrogen) atoms. The van der Waals surface area contributed by atoms with Gasteiger partial charge in [0.15, 0.2) is 0 Å². The highest BCUT2D eigenvalue weighted by atomic mass is 35.5. The van der Waals surface area contributed by atoms with Gasteiger partial charge in [-0.3, -0.25) is 0 Å². The fourth-order valence-electron chi connectivity index (χ4n) is 1.17. The van der Waals surface area contributed by atoms with Crippen LogP contribution in [0.15, 0.2) is 0 Å². The summed E-state index contributed by atoms with van der Waals surface area (Å²) >= 11 is 5.55. The first-order chi connectivity index (χ1) is 5.31. The van der Waals surface area contributed by atoms with Crippen molar-refractivity contribution in [2.24, 2.45) is 5.92 Å². The van der Waals surface area contributed by atoms with Gasteiger partial charge in [0.2, 0.25) is 0 Å². The minimum atomic E-state index is 0.333. The SMILES string of the molecule is CC(CCCO)CCCCCl. The third kappa shape index (κ3) is 8.15. The average molecular weight is 179 g/mol. The molecule has 0 aromatic rings. The molecule has 0 bridgehead atoms. The lowest BCUT2D eigenvalue weighted by molar-refractivity contribution is 0.271. The van der Waals surface area contributed by atoms with Gasteiger partial charge in [0.05, 0.1) is 0 Å². The van der Waals surface area contributed by atoms with E-state index in [4.69, 9.17) is 16.7 Å².